The fourth-order valence-electron chi connectivity index (χ4n) is 4.74. The van der Waals surface area contributed by atoms with Gasteiger partial charge in [0, 0.05) is 37.6 Å². The summed E-state index contributed by atoms with van der Waals surface area (Å²) in [5, 5.41) is 27.5. The van der Waals surface area contributed by atoms with Crippen LogP contribution < -0.4 is 21.3 Å². The van der Waals surface area contributed by atoms with E-state index in [1.54, 1.807) is 0 Å². The molecule has 0 spiro atoms. The van der Waals surface area contributed by atoms with Crippen LogP contribution in [0.3, 0.4) is 0 Å². The molecule has 0 amide bonds. The first-order chi connectivity index (χ1) is 16.9. The minimum Gasteiger partial charge on any atom is -0.477 e. The molecule has 4 rings (SSSR count). The van der Waals surface area contributed by atoms with Crippen molar-refractivity contribution in [3.8, 4) is 0 Å². The number of piperidine rings is 1. The van der Waals surface area contributed by atoms with Gasteiger partial charge in [-0.3, -0.25) is 0 Å². The topological polar surface area (TPSA) is 124 Å². The monoisotopic (exact) mass is 497 g/mol. The van der Waals surface area contributed by atoms with Gasteiger partial charge in [0.15, 0.2) is 0 Å². The van der Waals surface area contributed by atoms with Crippen molar-refractivity contribution in [2.75, 3.05) is 37.3 Å². The second-order valence-corrected chi connectivity index (χ2v) is 10.2. The number of rotatable bonds is 10. The van der Waals surface area contributed by atoms with E-state index in [0.717, 1.165) is 79.0 Å². The third kappa shape index (κ3) is 5.75. The Bertz CT molecular complexity index is 1160. The molecule has 6 N–H and O–H groups in total. The molecule has 1 aliphatic heterocycles. The lowest BCUT2D eigenvalue weighted by Gasteiger charge is -2.34. The quantitative estimate of drug-likeness (QED) is 0.288. The summed E-state index contributed by atoms with van der Waals surface area (Å²) in [6.45, 7) is 5.14. The fourth-order valence-corrected chi connectivity index (χ4v) is 5.72. The molecule has 2 aromatic heterocycles. The Hall–Kier alpha value is -2.72. The van der Waals surface area contributed by atoms with E-state index in [2.05, 4.69) is 28.5 Å². The number of thiophene rings is 1. The van der Waals surface area contributed by atoms with Gasteiger partial charge in [-0.2, -0.15) is 0 Å². The Morgan fingerprint density at radius 2 is 2.00 bits per heavy atom. The molecule has 3 aromatic rings. The van der Waals surface area contributed by atoms with E-state index >= 15 is 0 Å². The van der Waals surface area contributed by atoms with E-state index < -0.39 is 12.1 Å². The van der Waals surface area contributed by atoms with E-state index in [-0.39, 0.29) is 4.88 Å². The van der Waals surface area contributed by atoms with E-state index in [9.17, 15) is 15.0 Å². The van der Waals surface area contributed by atoms with Gasteiger partial charge >= 0.3 is 5.97 Å². The van der Waals surface area contributed by atoms with Crippen LogP contribution in [0.4, 0.5) is 11.5 Å². The number of anilines is 2. The number of carbonyl (C=O) groups is 1. The van der Waals surface area contributed by atoms with Crippen LogP contribution in [0.25, 0.3) is 10.2 Å². The molecular formula is C26H35N5O3S. The average Bonchev–Trinajstić information content (AvgIpc) is 3.20. The van der Waals surface area contributed by atoms with Gasteiger partial charge in [-0.1, -0.05) is 37.6 Å². The normalized spacial score (nSPS) is 15.6. The van der Waals surface area contributed by atoms with Crippen LogP contribution in [0.5, 0.6) is 0 Å². The van der Waals surface area contributed by atoms with Crippen LogP contribution in [0, 0.1) is 0 Å². The van der Waals surface area contributed by atoms with Crippen LogP contribution >= 0.6 is 11.3 Å². The van der Waals surface area contributed by atoms with Crippen LogP contribution in [0.1, 0.15) is 58.7 Å². The number of nitrogen functional groups attached to an aromatic ring is 1. The zero-order valence-electron chi connectivity index (χ0n) is 20.4. The largest absolute Gasteiger partial charge is 0.477 e. The number of nitrogens with one attached hydrogen (secondary N) is 2. The van der Waals surface area contributed by atoms with Crippen molar-refractivity contribution in [2.45, 2.75) is 51.3 Å². The van der Waals surface area contributed by atoms with Crippen molar-refractivity contribution in [3.63, 3.8) is 0 Å². The number of nitrogens with two attached hydrogens (primary N) is 1. The van der Waals surface area contributed by atoms with E-state index in [0.29, 0.717) is 23.1 Å². The van der Waals surface area contributed by atoms with Gasteiger partial charge in [0.05, 0.1) is 11.8 Å². The van der Waals surface area contributed by atoms with Gasteiger partial charge in [0.2, 0.25) is 0 Å². The molecule has 1 atom stereocenters. The summed E-state index contributed by atoms with van der Waals surface area (Å²) >= 11 is 1.16. The SMILES string of the molecule is CCCc1cc(N2CCC(NCC(O)c3ccc(CNC)cc3)CC2)nc2sc(C(=O)O)c(N)c12. The molecule has 3 heterocycles. The molecule has 0 saturated carbocycles. The number of nitrogens with zero attached hydrogens (tertiary/aromatic N) is 2. The van der Waals surface area contributed by atoms with Crippen molar-refractivity contribution in [3.05, 3.63) is 51.9 Å². The molecule has 8 nitrogen and oxygen atoms in total. The van der Waals surface area contributed by atoms with Gasteiger partial charge in [0.25, 0.3) is 0 Å². The van der Waals surface area contributed by atoms with Crippen LogP contribution in [0.15, 0.2) is 30.3 Å². The third-order valence-electron chi connectivity index (χ3n) is 6.64. The number of aromatic nitrogens is 1. The molecule has 0 bridgehead atoms. The summed E-state index contributed by atoms with van der Waals surface area (Å²) in [7, 11) is 1.92. The minimum absolute atomic E-state index is 0.167. The number of carboxylic acid groups (broad SMARTS) is 1. The Kier molecular flexibility index (Phi) is 8.22. The Balaban J connectivity index is 1.38. The second kappa shape index (κ2) is 11.3. The van der Waals surface area contributed by atoms with Crippen LogP contribution in [-0.2, 0) is 13.0 Å². The Labute approximate surface area is 210 Å². The summed E-state index contributed by atoms with van der Waals surface area (Å²) < 4.78 is 0. The van der Waals surface area contributed by atoms with Gasteiger partial charge in [-0.05, 0) is 49.1 Å². The van der Waals surface area contributed by atoms with Crippen molar-refractivity contribution in [1.82, 2.24) is 15.6 Å². The number of pyridine rings is 1. The van der Waals surface area contributed by atoms with Crippen LogP contribution in [-0.4, -0.2) is 53.9 Å². The van der Waals surface area contributed by atoms with Crippen molar-refractivity contribution >= 4 is 39.0 Å². The van der Waals surface area contributed by atoms with Gasteiger partial charge in [-0.25, -0.2) is 9.78 Å². The molecular weight excluding hydrogens is 462 g/mol. The first kappa shape index (κ1) is 25.4. The predicted molar refractivity (Wildman–Crippen MR) is 142 cm³/mol. The summed E-state index contributed by atoms with van der Waals surface area (Å²) in [4.78, 5) is 19.5. The molecule has 0 aliphatic carbocycles. The highest BCUT2D eigenvalue weighted by atomic mass is 32.1. The second-order valence-electron chi connectivity index (χ2n) is 9.18. The number of aliphatic hydroxyl groups is 1. The molecule has 35 heavy (non-hydrogen) atoms. The molecule has 0 radical (unpaired) electrons. The fraction of sp³-hybridized carbons (Fsp3) is 0.462. The maximum atomic E-state index is 11.6. The van der Waals surface area contributed by atoms with Crippen molar-refractivity contribution in [2.24, 2.45) is 0 Å². The number of aryl methyl sites for hydroxylation is 1. The highest BCUT2D eigenvalue weighted by Gasteiger charge is 2.24. The smallest absolute Gasteiger partial charge is 0.348 e. The van der Waals surface area contributed by atoms with Gasteiger partial charge in [-0.15, -0.1) is 11.3 Å². The lowest BCUT2D eigenvalue weighted by atomic mass is 10.0. The maximum Gasteiger partial charge on any atom is 0.348 e. The molecule has 1 aliphatic rings. The lowest BCUT2D eigenvalue weighted by molar-refractivity contribution is 0.0703. The standard InChI is InChI=1S/C26H35N5O3S/c1-3-4-18-13-21(30-25-22(18)23(27)24(35-25)26(33)34)31-11-9-19(10-12-31)29-15-20(32)17-7-5-16(6-8-17)14-28-2/h5-8,13,19-20,28-29,32H,3-4,9-12,14-15,27H2,1-2H3,(H,33,34). The maximum absolute atomic E-state index is 11.6. The van der Waals surface area contributed by atoms with Crippen LogP contribution in [0.2, 0.25) is 0 Å². The average molecular weight is 498 g/mol. The summed E-state index contributed by atoms with van der Waals surface area (Å²) in [6, 6.07) is 10.5. The highest BCUT2D eigenvalue weighted by molar-refractivity contribution is 7.21. The minimum atomic E-state index is -1.00. The molecule has 1 fully saturated rings. The first-order valence-electron chi connectivity index (χ1n) is 12.3. The van der Waals surface area contributed by atoms with Crippen molar-refractivity contribution in [1.29, 1.82) is 0 Å². The summed E-state index contributed by atoms with van der Waals surface area (Å²) in [5.41, 5.74) is 9.70. The molecule has 1 unspecified atom stereocenters. The van der Waals surface area contributed by atoms with E-state index in [1.807, 2.05) is 31.3 Å². The number of hydrogen-bond donors (Lipinski definition) is 5. The first-order valence-corrected chi connectivity index (χ1v) is 13.1. The number of aliphatic hydroxyl groups excluding tert-OH is 1. The summed E-state index contributed by atoms with van der Waals surface area (Å²) in [6.07, 6.45) is 3.14. The number of benzene rings is 1. The molecule has 1 saturated heterocycles. The molecule has 1 aromatic carbocycles. The van der Waals surface area contributed by atoms with E-state index in [1.165, 1.54) is 5.56 Å². The zero-order valence-corrected chi connectivity index (χ0v) is 21.2. The highest BCUT2D eigenvalue weighted by Crippen LogP contribution is 2.37. The van der Waals surface area contributed by atoms with E-state index in [4.69, 9.17) is 10.7 Å². The zero-order chi connectivity index (χ0) is 24.9. The Morgan fingerprint density at radius 3 is 2.63 bits per heavy atom. The Morgan fingerprint density at radius 1 is 1.29 bits per heavy atom. The number of fused-ring (bicyclic) bond motifs is 1. The van der Waals surface area contributed by atoms with Gasteiger partial charge in [0.1, 0.15) is 15.5 Å². The lowest BCUT2D eigenvalue weighted by Crippen LogP contribution is -2.44. The molecule has 188 valence electrons. The number of aromatic carboxylic acids is 1. The van der Waals surface area contributed by atoms with Gasteiger partial charge < -0.3 is 31.5 Å². The number of hydrogen-bond acceptors (Lipinski definition) is 8. The summed E-state index contributed by atoms with van der Waals surface area (Å²) in [5.74, 6) is -0.114. The predicted octanol–water partition coefficient (Wildman–Crippen LogP) is 3.54. The van der Waals surface area contributed by atoms with Crippen molar-refractivity contribution < 1.29 is 15.0 Å². The number of carboxylic acids is 1. The molecule has 9 heteroatoms. The third-order valence-corrected chi connectivity index (χ3v) is 7.73.